The second kappa shape index (κ2) is 33.4. The normalized spacial score (nSPS) is 11.5. The van der Waals surface area contributed by atoms with Gasteiger partial charge in [-0.25, -0.2) is 0 Å². The summed E-state index contributed by atoms with van der Waals surface area (Å²) in [4.78, 5) is 0. The maximum atomic E-state index is 5.47. The van der Waals surface area contributed by atoms with Crippen molar-refractivity contribution in [2.45, 2.75) is 181 Å². The molecule has 4 nitrogen and oxygen atoms in total. The lowest BCUT2D eigenvalue weighted by atomic mass is 10.1. The molecule has 284 valence electrons. The Morgan fingerprint density at radius 2 is 0.667 bits per heavy atom. The molecule has 0 bridgehead atoms. The van der Waals surface area contributed by atoms with Crippen molar-refractivity contribution in [2.75, 3.05) is 41.3 Å². The summed E-state index contributed by atoms with van der Waals surface area (Å²) in [6, 6.07) is 8.14. The molecule has 2 rings (SSSR count). The summed E-state index contributed by atoms with van der Waals surface area (Å²) in [5, 5.41) is 0. The van der Waals surface area contributed by atoms with E-state index in [-0.39, 0.29) is 29.4 Å². The highest BCUT2D eigenvalue weighted by Crippen LogP contribution is 2.16. The van der Waals surface area contributed by atoms with Crippen molar-refractivity contribution in [3.05, 3.63) is 48.3 Å². The molecule has 0 N–H and O–H groups in total. The van der Waals surface area contributed by atoms with Crippen molar-refractivity contribution >= 4 is 0 Å². The molecule has 0 atom stereocenters. The molecule has 48 heavy (non-hydrogen) atoms. The van der Waals surface area contributed by atoms with Crippen molar-refractivity contribution in [1.29, 1.82) is 0 Å². The summed E-state index contributed by atoms with van der Waals surface area (Å²) in [5.41, 5.74) is 0. The monoisotopic (exact) mass is 759 g/mol. The standard InChI is InChI=1S/2C21H40NO.BrH.ClH/c2*1-4-5-6-7-8-9-10-11-12-13-14-15-18-22(2,3)20-21-17-16-19-23-21;;/h2*16-17,19H,4-15,18,20H2,1-3H3;2*1H/q2*+1;;/p-2. The van der Waals surface area contributed by atoms with E-state index in [2.05, 4.69) is 54.2 Å². The van der Waals surface area contributed by atoms with Gasteiger partial charge in [-0.15, -0.1) is 0 Å². The Morgan fingerprint density at radius 1 is 0.417 bits per heavy atom. The molecular formula is C42H80BrClN2O2. The predicted octanol–water partition coefficient (Wildman–Crippen LogP) is 7.12. The number of furan rings is 2. The van der Waals surface area contributed by atoms with E-state index in [0.29, 0.717) is 0 Å². The topological polar surface area (TPSA) is 26.3 Å². The van der Waals surface area contributed by atoms with Crippen LogP contribution in [0.4, 0.5) is 0 Å². The van der Waals surface area contributed by atoms with Crippen LogP contribution in [0, 0.1) is 0 Å². The van der Waals surface area contributed by atoms with Crippen molar-refractivity contribution < 1.29 is 47.2 Å². The molecule has 0 radical (unpaired) electrons. The van der Waals surface area contributed by atoms with Crippen LogP contribution in [0.25, 0.3) is 0 Å². The fourth-order valence-electron chi connectivity index (χ4n) is 6.57. The zero-order chi connectivity index (χ0) is 33.6. The number of halogens is 2. The molecule has 0 aliphatic rings. The average molecular weight is 760 g/mol. The molecule has 0 saturated heterocycles. The molecule has 2 aromatic rings. The third-order valence-corrected chi connectivity index (χ3v) is 9.56. The third-order valence-electron chi connectivity index (χ3n) is 9.56. The van der Waals surface area contributed by atoms with Crippen LogP contribution in [0.1, 0.15) is 179 Å². The van der Waals surface area contributed by atoms with E-state index in [1.807, 2.05) is 12.1 Å². The van der Waals surface area contributed by atoms with Crippen LogP contribution >= 0.6 is 0 Å². The van der Waals surface area contributed by atoms with Gasteiger partial charge in [-0.2, -0.15) is 0 Å². The van der Waals surface area contributed by atoms with Crippen LogP contribution in [0.5, 0.6) is 0 Å². The maximum Gasteiger partial charge on any atom is 0.158 e. The second-order valence-corrected chi connectivity index (χ2v) is 15.6. The van der Waals surface area contributed by atoms with Gasteiger partial charge in [0, 0.05) is 0 Å². The van der Waals surface area contributed by atoms with Gasteiger partial charge < -0.3 is 47.2 Å². The summed E-state index contributed by atoms with van der Waals surface area (Å²) in [7, 11) is 9.23. The van der Waals surface area contributed by atoms with Gasteiger partial charge in [0.2, 0.25) is 0 Å². The molecule has 2 aromatic heterocycles. The predicted molar refractivity (Wildman–Crippen MR) is 201 cm³/mol. The van der Waals surface area contributed by atoms with Crippen LogP contribution in [0.3, 0.4) is 0 Å². The lowest BCUT2D eigenvalue weighted by Gasteiger charge is -2.28. The minimum Gasteiger partial charge on any atom is -1.00 e. The zero-order valence-electron chi connectivity index (χ0n) is 32.7. The van der Waals surface area contributed by atoms with Gasteiger partial charge in [0.25, 0.3) is 0 Å². The summed E-state index contributed by atoms with van der Waals surface area (Å²) >= 11 is 0. The molecule has 0 aliphatic carbocycles. The Balaban J connectivity index is 0. The van der Waals surface area contributed by atoms with Crippen LogP contribution in [-0.4, -0.2) is 50.2 Å². The minimum absolute atomic E-state index is 0. The molecule has 0 amide bonds. The molecular weight excluding hydrogens is 680 g/mol. The molecule has 0 spiro atoms. The van der Waals surface area contributed by atoms with E-state index in [0.717, 1.165) is 33.6 Å². The van der Waals surface area contributed by atoms with E-state index < -0.39 is 0 Å². The van der Waals surface area contributed by atoms with E-state index in [1.54, 1.807) is 12.5 Å². The minimum atomic E-state index is 0. The summed E-state index contributed by atoms with van der Waals surface area (Å²) in [6.07, 6.45) is 37.7. The Hall–Kier alpha value is -0.750. The maximum absolute atomic E-state index is 5.47. The van der Waals surface area contributed by atoms with Crippen molar-refractivity contribution in [2.24, 2.45) is 0 Å². The summed E-state index contributed by atoms with van der Waals surface area (Å²) < 4.78 is 13.0. The van der Waals surface area contributed by atoms with E-state index >= 15 is 0 Å². The molecule has 0 unspecified atom stereocenters. The first kappa shape index (κ1) is 49.4. The Labute approximate surface area is 316 Å². The number of unbranched alkanes of at least 4 members (excludes halogenated alkanes) is 22. The van der Waals surface area contributed by atoms with Crippen LogP contribution in [-0.2, 0) is 13.1 Å². The van der Waals surface area contributed by atoms with Gasteiger partial charge in [-0.05, 0) is 49.9 Å². The first-order valence-electron chi connectivity index (χ1n) is 20.0. The number of nitrogens with zero attached hydrogens (tertiary/aromatic N) is 2. The molecule has 0 saturated carbocycles. The first-order valence-corrected chi connectivity index (χ1v) is 20.0. The van der Waals surface area contributed by atoms with Crippen LogP contribution in [0.2, 0.25) is 0 Å². The second-order valence-electron chi connectivity index (χ2n) is 15.6. The Kier molecular flexibility index (Phi) is 34.3. The highest BCUT2D eigenvalue weighted by atomic mass is 79.9. The third kappa shape index (κ3) is 31.2. The van der Waals surface area contributed by atoms with Crippen molar-refractivity contribution in [1.82, 2.24) is 0 Å². The van der Waals surface area contributed by atoms with Gasteiger partial charge in [0.1, 0.15) is 13.1 Å². The summed E-state index contributed by atoms with van der Waals surface area (Å²) in [5.74, 6) is 2.21. The molecule has 2 heterocycles. The number of hydrogen-bond acceptors (Lipinski definition) is 2. The Morgan fingerprint density at radius 3 is 0.896 bits per heavy atom. The van der Waals surface area contributed by atoms with Gasteiger partial charge in [-0.3, -0.25) is 0 Å². The fraction of sp³-hybridized carbons (Fsp3) is 0.810. The fourth-order valence-corrected chi connectivity index (χ4v) is 6.57. The van der Waals surface area contributed by atoms with E-state index in [4.69, 9.17) is 8.83 Å². The molecule has 6 heteroatoms. The highest BCUT2D eigenvalue weighted by Gasteiger charge is 2.17. The van der Waals surface area contributed by atoms with E-state index in [9.17, 15) is 0 Å². The van der Waals surface area contributed by atoms with Crippen LogP contribution in [0.15, 0.2) is 45.6 Å². The first-order chi connectivity index (χ1) is 22.3. The largest absolute Gasteiger partial charge is 1.00 e. The number of rotatable bonds is 30. The highest BCUT2D eigenvalue weighted by molar-refractivity contribution is 4.96. The number of quaternary nitrogens is 2. The van der Waals surface area contributed by atoms with Crippen molar-refractivity contribution in [3.8, 4) is 0 Å². The Bertz CT molecular complexity index is 798. The van der Waals surface area contributed by atoms with Gasteiger partial charge >= 0.3 is 0 Å². The quantitative estimate of drug-likeness (QED) is 0.0627. The van der Waals surface area contributed by atoms with Gasteiger partial charge in [-0.1, -0.05) is 142 Å². The molecule has 0 aliphatic heterocycles. The molecule has 0 aromatic carbocycles. The number of hydrogen-bond donors (Lipinski definition) is 0. The zero-order valence-corrected chi connectivity index (χ0v) is 35.1. The lowest BCUT2D eigenvalue weighted by Crippen LogP contribution is -3.00. The summed E-state index contributed by atoms with van der Waals surface area (Å²) in [6.45, 7) is 9.08. The van der Waals surface area contributed by atoms with Gasteiger partial charge in [0.05, 0.1) is 53.8 Å². The lowest BCUT2D eigenvalue weighted by molar-refractivity contribution is -0.904. The van der Waals surface area contributed by atoms with E-state index in [1.165, 1.54) is 167 Å². The van der Waals surface area contributed by atoms with Crippen molar-refractivity contribution in [3.63, 3.8) is 0 Å². The SMILES string of the molecule is CCCCCCCCCCCCCC[N+](C)(C)Cc1ccco1.CCCCCCCCCCCCCC[N+](C)(C)Cc1ccco1.[Br-].[Cl-]. The van der Waals surface area contributed by atoms with Crippen LogP contribution < -0.4 is 29.4 Å². The van der Waals surface area contributed by atoms with Gasteiger partial charge in [0.15, 0.2) is 11.5 Å². The smallest absolute Gasteiger partial charge is 0.158 e. The molecule has 0 fully saturated rings. The average Bonchev–Trinajstić information content (AvgIpc) is 3.72.